The summed E-state index contributed by atoms with van der Waals surface area (Å²) >= 11 is 3.26. The molecule has 0 aliphatic rings. The fourth-order valence-corrected chi connectivity index (χ4v) is 2.35. The molecule has 1 aromatic carbocycles. The highest BCUT2D eigenvalue weighted by Crippen LogP contribution is 2.24. The van der Waals surface area contributed by atoms with E-state index in [-0.39, 0.29) is 36.0 Å². The lowest BCUT2D eigenvalue weighted by atomic mass is 10.2. The van der Waals surface area contributed by atoms with E-state index in [4.69, 9.17) is 4.42 Å². The molecule has 2 aromatic heterocycles. The first-order valence-electron chi connectivity index (χ1n) is 7.33. The lowest BCUT2D eigenvalue weighted by molar-refractivity contribution is -0.116. The van der Waals surface area contributed by atoms with Crippen LogP contribution in [0.2, 0.25) is 0 Å². The number of halogens is 3. The first-order valence-corrected chi connectivity index (χ1v) is 8.12. The highest BCUT2D eigenvalue weighted by atomic mass is 79.9. The quantitative estimate of drug-likeness (QED) is 0.682. The number of carbonyl (C=O) groups is 1. The molecule has 3 rings (SSSR count). The van der Waals surface area contributed by atoms with Gasteiger partial charge in [0.1, 0.15) is 17.5 Å². The number of benzene rings is 1. The van der Waals surface area contributed by atoms with Crippen LogP contribution in [0.3, 0.4) is 0 Å². The third-order valence-electron chi connectivity index (χ3n) is 3.31. The van der Waals surface area contributed by atoms with E-state index < -0.39 is 11.6 Å². The number of nitrogens with zero attached hydrogens (tertiary/aromatic N) is 2. The maximum Gasteiger partial charge on any atom is 0.226 e. The molecule has 0 aliphatic carbocycles. The van der Waals surface area contributed by atoms with Gasteiger partial charge in [-0.05, 0) is 40.2 Å². The van der Waals surface area contributed by atoms with Crippen molar-refractivity contribution in [2.45, 2.75) is 12.8 Å². The Morgan fingerprint density at radius 3 is 2.72 bits per heavy atom. The van der Waals surface area contributed by atoms with Gasteiger partial charge < -0.3 is 9.73 Å². The lowest BCUT2D eigenvalue weighted by Gasteiger charge is -2.03. The second-order valence-corrected chi connectivity index (χ2v) is 6.07. The van der Waals surface area contributed by atoms with Crippen LogP contribution in [0.5, 0.6) is 0 Å². The number of aryl methyl sites for hydroxylation is 1. The summed E-state index contributed by atoms with van der Waals surface area (Å²) in [7, 11) is 0. The van der Waals surface area contributed by atoms with Crippen LogP contribution in [-0.4, -0.2) is 15.9 Å². The molecule has 0 aliphatic heterocycles. The van der Waals surface area contributed by atoms with Gasteiger partial charge in [-0.3, -0.25) is 4.79 Å². The van der Waals surface area contributed by atoms with E-state index in [0.717, 1.165) is 16.6 Å². The van der Waals surface area contributed by atoms with Crippen molar-refractivity contribution in [2.24, 2.45) is 0 Å². The molecule has 3 aromatic rings. The molecule has 0 atom stereocenters. The fourth-order valence-electron chi connectivity index (χ4n) is 2.12. The number of amides is 1. The van der Waals surface area contributed by atoms with E-state index in [1.54, 1.807) is 18.3 Å². The molecule has 0 fully saturated rings. The summed E-state index contributed by atoms with van der Waals surface area (Å²) in [5.41, 5.74) is 0.115. The summed E-state index contributed by atoms with van der Waals surface area (Å²) in [5, 5.41) is 2.65. The van der Waals surface area contributed by atoms with Crippen LogP contribution in [0.1, 0.15) is 12.3 Å². The third-order valence-corrected chi connectivity index (χ3v) is 3.78. The molecule has 0 radical (unpaired) electrons. The van der Waals surface area contributed by atoms with Gasteiger partial charge in [-0.25, -0.2) is 18.7 Å². The maximum absolute atomic E-state index is 13.7. The van der Waals surface area contributed by atoms with Crippen molar-refractivity contribution < 1.29 is 18.0 Å². The van der Waals surface area contributed by atoms with E-state index in [0.29, 0.717) is 5.82 Å². The van der Waals surface area contributed by atoms with E-state index in [2.05, 4.69) is 31.2 Å². The molecule has 1 N–H and O–H groups in total. The van der Waals surface area contributed by atoms with Gasteiger partial charge >= 0.3 is 0 Å². The van der Waals surface area contributed by atoms with Crippen molar-refractivity contribution in [3.63, 3.8) is 0 Å². The van der Waals surface area contributed by atoms with Gasteiger partial charge in [-0.15, -0.1) is 0 Å². The van der Waals surface area contributed by atoms with Crippen LogP contribution in [0.15, 0.2) is 51.6 Å². The lowest BCUT2D eigenvalue weighted by Crippen LogP contribution is -2.13. The minimum atomic E-state index is -0.734. The van der Waals surface area contributed by atoms with Crippen molar-refractivity contribution in [2.75, 3.05) is 5.32 Å². The van der Waals surface area contributed by atoms with Crippen molar-refractivity contribution >= 4 is 27.7 Å². The monoisotopic (exact) mass is 407 g/mol. The Balaban J connectivity index is 1.59. The van der Waals surface area contributed by atoms with Crippen LogP contribution in [0, 0.1) is 11.6 Å². The molecule has 25 heavy (non-hydrogen) atoms. The largest absolute Gasteiger partial charge is 0.441 e. The standard InChI is InChI=1S/C17H12BrF2N3O2/c18-10-1-4-15(21-8-10)23-16(24)5-6-17-22-9-14(25-17)12-3-2-11(19)7-13(12)20/h1-4,7-9H,5-6H2,(H,21,23,24). The Kier molecular flexibility index (Phi) is 5.18. The molecule has 0 spiro atoms. The van der Waals surface area contributed by atoms with Crippen LogP contribution in [0.4, 0.5) is 14.6 Å². The highest BCUT2D eigenvalue weighted by molar-refractivity contribution is 9.10. The molecule has 0 unspecified atom stereocenters. The number of anilines is 1. The third kappa shape index (κ3) is 4.48. The van der Waals surface area contributed by atoms with Crippen molar-refractivity contribution in [3.05, 3.63) is 64.7 Å². The molecule has 1 amide bonds. The first-order chi connectivity index (χ1) is 12.0. The summed E-state index contributed by atoms with van der Waals surface area (Å²) in [6, 6.07) is 6.62. The number of hydrogen-bond acceptors (Lipinski definition) is 4. The van der Waals surface area contributed by atoms with E-state index in [1.165, 1.54) is 12.3 Å². The van der Waals surface area contributed by atoms with Crippen molar-refractivity contribution in [1.29, 1.82) is 0 Å². The van der Waals surface area contributed by atoms with E-state index >= 15 is 0 Å². The van der Waals surface area contributed by atoms with Crippen LogP contribution in [0.25, 0.3) is 11.3 Å². The van der Waals surface area contributed by atoms with Gasteiger partial charge in [0.05, 0.1) is 11.8 Å². The SMILES string of the molecule is O=C(CCc1ncc(-c2ccc(F)cc2F)o1)Nc1ccc(Br)cn1. The summed E-state index contributed by atoms with van der Waals surface area (Å²) in [6.45, 7) is 0. The second kappa shape index (κ2) is 7.52. The van der Waals surface area contributed by atoms with Gasteiger partial charge in [0.2, 0.25) is 5.91 Å². The Morgan fingerprint density at radius 1 is 1.16 bits per heavy atom. The number of aromatic nitrogens is 2. The van der Waals surface area contributed by atoms with Gasteiger partial charge in [0, 0.05) is 29.6 Å². The number of hydrogen-bond donors (Lipinski definition) is 1. The Labute approximate surface area is 150 Å². The summed E-state index contributed by atoms with van der Waals surface area (Å²) < 4.78 is 32.9. The van der Waals surface area contributed by atoms with Gasteiger partial charge in [0.15, 0.2) is 11.7 Å². The number of oxazole rings is 1. The molecule has 0 saturated carbocycles. The number of carbonyl (C=O) groups excluding carboxylic acids is 1. The average molecular weight is 408 g/mol. The second-order valence-electron chi connectivity index (χ2n) is 5.15. The minimum absolute atomic E-state index is 0.115. The summed E-state index contributed by atoms with van der Waals surface area (Å²) in [4.78, 5) is 20.0. The topological polar surface area (TPSA) is 68.0 Å². The molecule has 128 valence electrons. The minimum Gasteiger partial charge on any atom is -0.441 e. The van der Waals surface area contributed by atoms with Crippen LogP contribution in [-0.2, 0) is 11.2 Å². The van der Waals surface area contributed by atoms with E-state index in [9.17, 15) is 13.6 Å². The van der Waals surface area contributed by atoms with Crippen LogP contribution >= 0.6 is 15.9 Å². The zero-order chi connectivity index (χ0) is 17.8. The average Bonchev–Trinajstić information content (AvgIpc) is 3.04. The summed E-state index contributed by atoms with van der Waals surface area (Å²) in [6.07, 6.45) is 3.29. The Morgan fingerprint density at radius 2 is 2.00 bits per heavy atom. The zero-order valence-corrected chi connectivity index (χ0v) is 14.4. The van der Waals surface area contributed by atoms with Crippen LogP contribution < -0.4 is 5.32 Å². The van der Waals surface area contributed by atoms with Gasteiger partial charge in [-0.1, -0.05) is 0 Å². The fraction of sp³-hybridized carbons (Fsp3) is 0.118. The van der Waals surface area contributed by atoms with E-state index in [1.807, 2.05) is 0 Å². The Hall–Kier alpha value is -2.61. The van der Waals surface area contributed by atoms with Gasteiger partial charge in [0.25, 0.3) is 0 Å². The number of pyridine rings is 1. The normalized spacial score (nSPS) is 10.7. The van der Waals surface area contributed by atoms with Crippen molar-refractivity contribution in [3.8, 4) is 11.3 Å². The molecular weight excluding hydrogens is 396 g/mol. The zero-order valence-electron chi connectivity index (χ0n) is 12.8. The Bertz CT molecular complexity index is 897. The molecular formula is C17H12BrF2N3O2. The highest BCUT2D eigenvalue weighted by Gasteiger charge is 2.13. The van der Waals surface area contributed by atoms with Gasteiger partial charge in [-0.2, -0.15) is 0 Å². The molecule has 8 heteroatoms. The predicted octanol–water partition coefficient (Wildman–Crippen LogP) is 4.35. The molecule has 0 bridgehead atoms. The number of nitrogens with one attached hydrogen (secondary N) is 1. The summed E-state index contributed by atoms with van der Waals surface area (Å²) in [5.74, 6) is -0.738. The molecule has 2 heterocycles. The molecule has 5 nitrogen and oxygen atoms in total. The van der Waals surface area contributed by atoms with Crippen molar-refractivity contribution in [1.82, 2.24) is 9.97 Å². The molecule has 0 saturated heterocycles. The smallest absolute Gasteiger partial charge is 0.226 e. The predicted molar refractivity (Wildman–Crippen MR) is 90.7 cm³/mol. The number of rotatable bonds is 5. The first kappa shape index (κ1) is 17.2. The maximum atomic E-state index is 13.7.